The Hall–Kier alpha value is -2.13. The van der Waals surface area contributed by atoms with Crippen LogP contribution in [-0.2, 0) is 19.6 Å². The van der Waals surface area contributed by atoms with Gasteiger partial charge in [0.05, 0.1) is 16.7 Å². The molecule has 0 saturated carbocycles. The lowest BCUT2D eigenvalue weighted by Gasteiger charge is -2.15. The van der Waals surface area contributed by atoms with Gasteiger partial charge >= 0.3 is 0 Å². The molecule has 1 aliphatic heterocycles. The second kappa shape index (κ2) is 9.38. The maximum atomic E-state index is 12.5. The first kappa shape index (κ1) is 22.2. The quantitative estimate of drug-likeness (QED) is 0.658. The molecule has 2 atom stereocenters. The predicted molar refractivity (Wildman–Crippen MR) is 111 cm³/mol. The zero-order valence-corrected chi connectivity index (χ0v) is 17.1. The number of benzene rings is 2. The van der Waals surface area contributed by atoms with Gasteiger partial charge in [0.2, 0.25) is 0 Å². The van der Waals surface area contributed by atoms with Gasteiger partial charge < -0.3 is 15.8 Å². The molecule has 1 saturated heterocycles. The molecule has 0 bridgehead atoms. The number of hydrogen-bond donors (Lipinski definition) is 3. The van der Waals surface area contributed by atoms with Crippen molar-refractivity contribution in [2.24, 2.45) is 5.73 Å². The number of rotatable bonds is 6. The van der Waals surface area contributed by atoms with E-state index in [-0.39, 0.29) is 29.3 Å². The van der Waals surface area contributed by atoms with Crippen molar-refractivity contribution in [3.63, 3.8) is 0 Å². The maximum absolute atomic E-state index is 12.5. The molecule has 1 amide bonds. The van der Waals surface area contributed by atoms with Crippen LogP contribution in [0.3, 0.4) is 0 Å². The third-order valence-electron chi connectivity index (χ3n) is 4.47. The van der Waals surface area contributed by atoms with Crippen molar-refractivity contribution in [2.45, 2.75) is 36.9 Å². The number of carbonyl (C=O) groups excluding carboxylic acids is 1. The minimum absolute atomic E-state index is 0. The highest BCUT2D eigenvalue weighted by Gasteiger charge is 2.30. The van der Waals surface area contributed by atoms with Crippen molar-refractivity contribution in [3.05, 3.63) is 54.1 Å². The van der Waals surface area contributed by atoms with E-state index in [2.05, 4.69) is 10.0 Å². The molecular weight excluding hydrogens is 402 g/mol. The molecule has 1 fully saturated rings. The smallest absolute Gasteiger partial charge is 0.261 e. The Morgan fingerprint density at radius 3 is 2.54 bits per heavy atom. The van der Waals surface area contributed by atoms with Gasteiger partial charge in [-0.15, -0.1) is 12.4 Å². The summed E-state index contributed by atoms with van der Waals surface area (Å²) in [5.74, 6) is -0.258. The molecule has 2 aromatic rings. The molecule has 28 heavy (non-hydrogen) atoms. The molecule has 7 nitrogen and oxygen atoms in total. The molecule has 9 heteroatoms. The summed E-state index contributed by atoms with van der Waals surface area (Å²) in [5, 5.41) is 2.78. The fourth-order valence-electron chi connectivity index (χ4n) is 2.91. The summed E-state index contributed by atoms with van der Waals surface area (Å²) >= 11 is 0. The highest BCUT2D eigenvalue weighted by atomic mass is 35.5. The van der Waals surface area contributed by atoms with Gasteiger partial charge in [-0.3, -0.25) is 9.52 Å². The molecule has 1 heterocycles. The third kappa shape index (κ3) is 5.23. The van der Waals surface area contributed by atoms with Crippen LogP contribution in [0.4, 0.5) is 11.4 Å². The van der Waals surface area contributed by atoms with Gasteiger partial charge in [0.25, 0.3) is 15.9 Å². The summed E-state index contributed by atoms with van der Waals surface area (Å²) in [6, 6.07) is 13.2. The van der Waals surface area contributed by atoms with E-state index in [1.165, 1.54) is 12.1 Å². The van der Waals surface area contributed by atoms with E-state index in [4.69, 9.17) is 10.5 Å². The number of nitrogens with two attached hydrogens (primary N) is 1. The molecule has 4 N–H and O–H groups in total. The Morgan fingerprint density at radius 2 is 1.89 bits per heavy atom. The Kier molecular flexibility index (Phi) is 7.42. The van der Waals surface area contributed by atoms with Crippen molar-refractivity contribution in [1.29, 1.82) is 0 Å². The van der Waals surface area contributed by atoms with Gasteiger partial charge in [-0.2, -0.15) is 0 Å². The topological polar surface area (TPSA) is 111 Å². The minimum Gasteiger partial charge on any atom is -0.364 e. The lowest BCUT2D eigenvalue weighted by atomic mass is 10.1. The van der Waals surface area contributed by atoms with Gasteiger partial charge in [-0.05, 0) is 49.6 Å². The average molecular weight is 426 g/mol. The van der Waals surface area contributed by atoms with Gasteiger partial charge in [0.15, 0.2) is 0 Å². The maximum Gasteiger partial charge on any atom is 0.261 e. The molecule has 0 aromatic heterocycles. The largest absolute Gasteiger partial charge is 0.364 e. The van der Waals surface area contributed by atoms with Crippen LogP contribution in [0.2, 0.25) is 0 Å². The van der Waals surface area contributed by atoms with E-state index >= 15 is 0 Å². The highest BCUT2D eigenvalue weighted by Crippen LogP contribution is 2.25. The first-order valence-electron chi connectivity index (χ1n) is 8.74. The number of amides is 1. The second-order valence-electron chi connectivity index (χ2n) is 6.50. The summed E-state index contributed by atoms with van der Waals surface area (Å²) in [6.07, 6.45) is 0.744. The number of carbonyl (C=O) groups is 1. The lowest BCUT2D eigenvalue weighted by Crippen LogP contribution is -2.29. The van der Waals surface area contributed by atoms with Gasteiger partial charge in [0.1, 0.15) is 6.10 Å². The summed E-state index contributed by atoms with van der Waals surface area (Å²) in [4.78, 5) is 12.5. The number of anilines is 2. The standard InChI is InChI=1S/C19H23N3O4S.ClH/c1-13-7-8-14(21-19(23)18-10-9-15(12-20)26-18)11-17(13)22-27(24,25)16-5-3-2-4-6-16;/h2-8,11,15,18,22H,9-10,12,20H2,1H3,(H,21,23);1H/t15-,18+;/m1./s1. The number of nitrogens with one attached hydrogen (secondary N) is 2. The predicted octanol–water partition coefficient (Wildman–Crippen LogP) is 2.66. The minimum atomic E-state index is -3.71. The van der Waals surface area contributed by atoms with E-state index in [1.807, 2.05) is 0 Å². The zero-order valence-electron chi connectivity index (χ0n) is 15.4. The fourth-order valence-corrected chi connectivity index (χ4v) is 4.05. The Morgan fingerprint density at radius 1 is 1.18 bits per heavy atom. The van der Waals surface area contributed by atoms with E-state index < -0.39 is 16.1 Å². The van der Waals surface area contributed by atoms with Crippen LogP contribution >= 0.6 is 12.4 Å². The average Bonchev–Trinajstić information content (AvgIpc) is 3.14. The van der Waals surface area contributed by atoms with Crippen molar-refractivity contribution in [3.8, 4) is 0 Å². The number of aryl methyl sites for hydroxylation is 1. The first-order chi connectivity index (χ1) is 12.9. The lowest BCUT2D eigenvalue weighted by molar-refractivity contribution is -0.126. The number of halogens is 1. The van der Waals surface area contributed by atoms with Crippen molar-refractivity contribution in [1.82, 2.24) is 0 Å². The molecule has 3 rings (SSSR count). The van der Waals surface area contributed by atoms with Crippen LogP contribution in [0.1, 0.15) is 18.4 Å². The summed E-state index contributed by atoms with van der Waals surface area (Å²) < 4.78 is 33.2. The zero-order chi connectivity index (χ0) is 19.4. The van der Waals surface area contributed by atoms with E-state index in [1.54, 1.807) is 43.3 Å². The highest BCUT2D eigenvalue weighted by molar-refractivity contribution is 7.92. The Bertz CT molecular complexity index is 922. The van der Waals surface area contributed by atoms with E-state index in [9.17, 15) is 13.2 Å². The molecular formula is C19H24ClN3O4S. The molecule has 1 aliphatic rings. The number of hydrogen-bond acceptors (Lipinski definition) is 5. The third-order valence-corrected chi connectivity index (χ3v) is 5.85. The van der Waals surface area contributed by atoms with Gasteiger partial charge in [-0.25, -0.2) is 8.42 Å². The van der Waals surface area contributed by atoms with Gasteiger partial charge in [-0.1, -0.05) is 24.3 Å². The van der Waals surface area contributed by atoms with Crippen LogP contribution in [0.15, 0.2) is 53.4 Å². The van der Waals surface area contributed by atoms with Crippen molar-refractivity contribution in [2.75, 3.05) is 16.6 Å². The molecule has 0 unspecified atom stereocenters. The fraction of sp³-hybridized carbons (Fsp3) is 0.316. The molecule has 0 aliphatic carbocycles. The van der Waals surface area contributed by atoms with Crippen molar-refractivity contribution < 1.29 is 17.9 Å². The molecule has 0 spiro atoms. The normalized spacial score (nSPS) is 18.9. The molecule has 2 aromatic carbocycles. The summed E-state index contributed by atoms with van der Waals surface area (Å²) in [6.45, 7) is 2.18. The van der Waals surface area contributed by atoms with E-state index in [0.717, 1.165) is 12.0 Å². The molecule has 152 valence electrons. The van der Waals surface area contributed by atoms with Crippen LogP contribution < -0.4 is 15.8 Å². The Balaban J connectivity index is 0.00000280. The SMILES string of the molecule is Cc1ccc(NC(=O)[C@@H]2CC[C@H](CN)O2)cc1NS(=O)(=O)c1ccccc1.Cl. The van der Waals surface area contributed by atoms with Crippen LogP contribution in [0, 0.1) is 6.92 Å². The van der Waals surface area contributed by atoms with E-state index in [0.29, 0.717) is 24.3 Å². The summed E-state index contributed by atoms with van der Waals surface area (Å²) in [5.41, 5.74) is 7.22. The number of sulfonamides is 1. The van der Waals surface area contributed by atoms with Crippen molar-refractivity contribution >= 4 is 39.7 Å². The van der Waals surface area contributed by atoms with Crippen LogP contribution in [0.5, 0.6) is 0 Å². The number of ether oxygens (including phenoxy) is 1. The van der Waals surface area contributed by atoms with Gasteiger partial charge in [0, 0.05) is 12.2 Å². The van der Waals surface area contributed by atoms with Crippen LogP contribution in [0.25, 0.3) is 0 Å². The monoisotopic (exact) mass is 425 g/mol. The Labute approximate surface area is 171 Å². The molecule has 0 radical (unpaired) electrons. The van der Waals surface area contributed by atoms with Crippen LogP contribution in [-0.4, -0.2) is 33.1 Å². The summed E-state index contributed by atoms with van der Waals surface area (Å²) in [7, 11) is -3.71. The first-order valence-corrected chi connectivity index (χ1v) is 10.2. The second-order valence-corrected chi connectivity index (χ2v) is 8.18.